The number of phenols is 1. The Morgan fingerprint density at radius 3 is 2.41 bits per heavy atom. The number of aromatic hydroxyl groups is 1. The molecular formula is C22H15ClN2O2. The van der Waals surface area contributed by atoms with Crippen LogP contribution in [0.4, 0.5) is 0 Å². The van der Waals surface area contributed by atoms with Crippen LogP contribution in [-0.4, -0.2) is 14.7 Å². The quantitative estimate of drug-likeness (QED) is 0.554. The average Bonchev–Trinajstić information content (AvgIpc) is 2.68. The van der Waals surface area contributed by atoms with Crippen molar-refractivity contribution in [1.29, 1.82) is 0 Å². The Labute approximate surface area is 160 Å². The zero-order valence-corrected chi connectivity index (χ0v) is 15.0. The molecule has 0 aliphatic heterocycles. The Morgan fingerprint density at radius 1 is 0.889 bits per heavy atom. The molecule has 0 aliphatic rings. The van der Waals surface area contributed by atoms with Gasteiger partial charge in [0.05, 0.1) is 16.6 Å². The van der Waals surface area contributed by atoms with Crippen molar-refractivity contribution in [2.45, 2.75) is 0 Å². The number of phenolic OH excluding ortho intramolecular Hbond substituents is 1. The second kappa shape index (κ2) is 7.09. The molecule has 4 rings (SSSR count). The predicted octanol–water partition coefficient (Wildman–Crippen LogP) is 4.92. The van der Waals surface area contributed by atoms with Gasteiger partial charge in [-0.05, 0) is 48.0 Å². The van der Waals surface area contributed by atoms with Crippen molar-refractivity contribution in [3.05, 3.63) is 99.6 Å². The van der Waals surface area contributed by atoms with E-state index in [0.29, 0.717) is 27.4 Å². The monoisotopic (exact) mass is 374 g/mol. The van der Waals surface area contributed by atoms with Crippen molar-refractivity contribution >= 4 is 34.7 Å². The van der Waals surface area contributed by atoms with E-state index in [-0.39, 0.29) is 11.3 Å². The molecule has 1 aromatic heterocycles. The lowest BCUT2D eigenvalue weighted by atomic mass is 10.2. The Bertz CT molecular complexity index is 1230. The number of rotatable bonds is 3. The summed E-state index contributed by atoms with van der Waals surface area (Å²) in [5.41, 5.74) is 1.53. The first-order valence-corrected chi connectivity index (χ1v) is 8.76. The molecule has 0 unspecified atom stereocenters. The third kappa shape index (κ3) is 3.23. The molecular weight excluding hydrogens is 360 g/mol. The van der Waals surface area contributed by atoms with Crippen LogP contribution in [0.3, 0.4) is 0 Å². The van der Waals surface area contributed by atoms with Crippen LogP contribution >= 0.6 is 11.6 Å². The van der Waals surface area contributed by atoms with Crippen LogP contribution in [0.5, 0.6) is 5.75 Å². The summed E-state index contributed by atoms with van der Waals surface area (Å²) in [4.78, 5) is 17.8. The third-order valence-electron chi connectivity index (χ3n) is 4.24. The normalized spacial score (nSPS) is 11.3. The lowest BCUT2D eigenvalue weighted by Gasteiger charge is -2.12. The first kappa shape index (κ1) is 17.1. The van der Waals surface area contributed by atoms with Gasteiger partial charge in [0.1, 0.15) is 11.6 Å². The number of halogens is 1. The van der Waals surface area contributed by atoms with Crippen LogP contribution < -0.4 is 5.56 Å². The molecule has 0 amide bonds. The van der Waals surface area contributed by atoms with Crippen LogP contribution in [0.2, 0.25) is 5.02 Å². The molecule has 0 bridgehead atoms. The Kier molecular flexibility index (Phi) is 4.48. The minimum absolute atomic E-state index is 0.00377. The molecule has 0 spiro atoms. The smallest absolute Gasteiger partial charge is 0.266 e. The fraction of sp³-hybridized carbons (Fsp3) is 0. The van der Waals surface area contributed by atoms with Crippen LogP contribution in [0, 0.1) is 0 Å². The van der Waals surface area contributed by atoms with Gasteiger partial charge in [0.2, 0.25) is 0 Å². The molecule has 5 heteroatoms. The number of hydrogen-bond donors (Lipinski definition) is 1. The van der Waals surface area contributed by atoms with Crippen molar-refractivity contribution in [2.24, 2.45) is 0 Å². The lowest BCUT2D eigenvalue weighted by molar-refractivity contribution is 0.471. The van der Waals surface area contributed by atoms with Gasteiger partial charge in [-0.15, -0.1) is 0 Å². The van der Waals surface area contributed by atoms with E-state index in [1.807, 2.05) is 24.3 Å². The highest BCUT2D eigenvalue weighted by molar-refractivity contribution is 6.32. The first-order chi connectivity index (χ1) is 13.1. The highest BCUT2D eigenvalue weighted by Gasteiger charge is 2.13. The number of hydrogen-bond acceptors (Lipinski definition) is 3. The first-order valence-electron chi connectivity index (χ1n) is 8.38. The molecule has 0 saturated heterocycles. The number of aromatic nitrogens is 2. The zero-order chi connectivity index (χ0) is 18.8. The maximum Gasteiger partial charge on any atom is 0.266 e. The molecule has 4 nitrogen and oxygen atoms in total. The van der Waals surface area contributed by atoms with Gasteiger partial charge in [0.15, 0.2) is 0 Å². The SMILES string of the molecule is O=c1c2ccccc2nc(/C=C\c2ccccc2Cl)n1-c1ccccc1O. The van der Waals surface area contributed by atoms with E-state index in [4.69, 9.17) is 11.6 Å². The van der Waals surface area contributed by atoms with E-state index in [1.165, 1.54) is 4.57 Å². The van der Waals surface area contributed by atoms with Gasteiger partial charge in [0.25, 0.3) is 5.56 Å². The highest BCUT2D eigenvalue weighted by Crippen LogP contribution is 2.23. The minimum atomic E-state index is -0.249. The van der Waals surface area contributed by atoms with E-state index < -0.39 is 0 Å². The maximum atomic E-state index is 13.1. The van der Waals surface area contributed by atoms with Crippen LogP contribution in [0.15, 0.2) is 77.6 Å². The molecule has 3 aromatic carbocycles. The summed E-state index contributed by atoms with van der Waals surface area (Å²) in [5.74, 6) is 0.407. The second-order valence-electron chi connectivity index (χ2n) is 5.97. The molecule has 4 aromatic rings. The third-order valence-corrected chi connectivity index (χ3v) is 4.59. The van der Waals surface area contributed by atoms with Crippen LogP contribution in [0.1, 0.15) is 11.4 Å². The molecule has 0 fully saturated rings. The molecule has 1 heterocycles. The molecule has 1 N–H and O–H groups in total. The molecule has 27 heavy (non-hydrogen) atoms. The van der Waals surface area contributed by atoms with Gasteiger partial charge >= 0.3 is 0 Å². The van der Waals surface area contributed by atoms with Gasteiger partial charge < -0.3 is 5.11 Å². The summed E-state index contributed by atoms with van der Waals surface area (Å²) in [6.07, 6.45) is 3.52. The second-order valence-corrected chi connectivity index (χ2v) is 6.38. The zero-order valence-electron chi connectivity index (χ0n) is 14.2. The van der Waals surface area contributed by atoms with Gasteiger partial charge in [-0.1, -0.05) is 54.1 Å². The number of fused-ring (bicyclic) bond motifs is 1. The maximum absolute atomic E-state index is 13.1. The van der Waals surface area contributed by atoms with Crippen molar-refractivity contribution in [2.75, 3.05) is 0 Å². The largest absolute Gasteiger partial charge is 0.506 e. The summed E-state index contributed by atoms with van der Waals surface area (Å²) in [6, 6.07) is 21.2. The van der Waals surface area contributed by atoms with Crippen molar-refractivity contribution in [1.82, 2.24) is 9.55 Å². The molecule has 132 valence electrons. The van der Waals surface area contributed by atoms with Gasteiger partial charge in [0, 0.05) is 5.02 Å². The summed E-state index contributed by atoms with van der Waals surface area (Å²) in [6.45, 7) is 0. The Morgan fingerprint density at radius 2 is 1.59 bits per heavy atom. The van der Waals surface area contributed by atoms with Crippen LogP contribution in [-0.2, 0) is 0 Å². The Balaban J connectivity index is 1.99. The van der Waals surface area contributed by atoms with Crippen molar-refractivity contribution < 1.29 is 5.11 Å². The van der Waals surface area contributed by atoms with Crippen molar-refractivity contribution in [3.8, 4) is 11.4 Å². The van der Waals surface area contributed by atoms with E-state index in [0.717, 1.165) is 5.56 Å². The topological polar surface area (TPSA) is 55.1 Å². The standard InChI is InChI=1S/C22H15ClN2O2/c23-17-9-3-1-7-15(17)13-14-21-24-18-10-4-2-8-16(18)22(27)25(21)19-11-5-6-12-20(19)26/h1-14,26H/b14-13-. The Hall–Kier alpha value is -3.37. The van der Waals surface area contributed by atoms with Crippen LogP contribution in [0.25, 0.3) is 28.7 Å². The average molecular weight is 375 g/mol. The van der Waals surface area contributed by atoms with Crippen molar-refractivity contribution in [3.63, 3.8) is 0 Å². The summed E-state index contributed by atoms with van der Waals surface area (Å²) in [5, 5.41) is 11.4. The summed E-state index contributed by atoms with van der Waals surface area (Å²) in [7, 11) is 0. The predicted molar refractivity (Wildman–Crippen MR) is 109 cm³/mol. The summed E-state index contributed by atoms with van der Waals surface area (Å²) >= 11 is 6.22. The number of para-hydroxylation sites is 3. The lowest BCUT2D eigenvalue weighted by Crippen LogP contribution is -2.22. The molecule has 0 radical (unpaired) electrons. The number of nitrogens with zero attached hydrogens (tertiary/aromatic N) is 2. The highest BCUT2D eigenvalue weighted by atomic mass is 35.5. The van der Waals surface area contributed by atoms with Gasteiger partial charge in [-0.2, -0.15) is 0 Å². The summed E-state index contributed by atoms with van der Waals surface area (Å²) < 4.78 is 1.41. The molecule has 0 aliphatic carbocycles. The van der Waals surface area contributed by atoms with E-state index in [9.17, 15) is 9.90 Å². The van der Waals surface area contributed by atoms with Gasteiger partial charge in [-0.3, -0.25) is 9.36 Å². The fourth-order valence-corrected chi connectivity index (χ4v) is 3.12. The van der Waals surface area contributed by atoms with E-state index >= 15 is 0 Å². The number of benzene rings is 3. The molecule has 0 saturated carbocycles. The minimum Gasteiger partial charge on any atom is -0.506 e. The van der Waals surface area contributed by atoms with E-state index in [2.05, 4.69) is 4.98 Å². The fourth-order valence-electron chi connectivity index (χ4n) is 2.92. The van der Waals surface area contributed by atoms with Gasteiger partial charge in [-0.25, -0.2) is 4.98 Å². The molecule has 0 atom stereocenters. The van der Waals surface area contributed by atoms with E-state index in [1.54, 1.807) is 60.7 Å².